The number of nitrogens with zero attached hydrogens (tertiary/aromatic N) is 4. The summed E-state index contributed by atoms with van der Waals surface area (Å²) in [6.07, 6.45) is 5.41. The molecular weight excluding hydrogens is 300 g/mol. The van der Waals surface area contributed by atoms with Gasteiger partial charge in [0.15, 0.2) is 5.82 Å². The molecule has 0 amide bonds. The largest absolute Gasteiger partial charge is 0.390 e. The van der Waals surface area contributed by atoms with Crippen LogP contribution in [0, 0.1) is 0 Å². The minimum atomic E-state index is -0.502. The standard InChI is InChI=1S/C19H22N4O/c1-19(24)8-12-22(13-9-19)14-15-4-2-5-17-16(15)7-11-23(17)18-6-3-10-20-21-18/h2-7,10-11,24H,8-9,12-14H2,1H3. The molecule has 1 saturated heterocycles. The SMILES string of the molecule is CC1(O)CCN(Cc2cccc3c2ccn3-c2cccnn2)CC1. The second-order valence-electron chi connectivity index (χ2n) is 6.89. The van der Waals surface area contributed by atoms with Gasteiger partial charge in [-0.25, -0.2) is 0 Å². The number of benzene rings is 1. The van der Waals surface area contributed by atoms with Crippen LogP contribution >= 0.6 is 0 Å². The van der Waals surface area contributed by atoms with Crippen LogP contribution in [0.15, 0.2) is 48.8 Å². The van der Waals surface area contributed by atoms with Crippen molar-refractivity contribution >= 4 is 10.9 Å². The molecule has 0 atom stereocenters. The maximum atomic E-state index is 10.1. The second-order valence-corrected chi connectivity index (χ2v) is 6.89. The maximum absolute atomic E-state index is 10.1. The van der Waals surface area contributed by atoms with Gasteiger partial charge in [-0.1, -0.05) is 12.1 Å². The number of rotatable bonds is 3. The van der Waals surface area contributed by atoms with Gasteiger partial charge in [0.2, 0.25) is 0 Å². The fourth-order valence-corrected chi connectivity index (χ4v) is 3.42. The van der Waals surface area contributed by atoms with E-state index >= 15 is 0 Å². The van der Waals surface area contributed by atoms with Gasteiger partial charge in [-0.2, -0.15) is 5.10 Å². The van der Waals surface area contributed by atoms with Crippen molar-refractivity contribution in [2.45, 2.75) is 31.9 Å². The predicted molar refractivity (Wildman–Crippen MR) is 94.0 cm³/mol. The van der Waals surface area contributed by atoms with Crippen LogP contribution in [0.2, 0.25) is 0 Å². The van der Waals surface area contributed by atoms with E-state index in [9.17, 15) is 5.11 Å². The van der Waals surface area contributed by atoms with Crippen LogP contribution in [-0.4, -0.2) is 43.5 Å². The quantitative estimate of drug-likeness (QED) is 0.805. The summed E-state index contributed by atoms with van der Waals surface area (Å²) < 4.78 is 2.08. The summed E-state index contributed by atoms with van der Waals surface area (Å²) in [5.41, 5.74) is 1.96. The average Bonchev–Trinajstić information content (AvgIpc) is 3.03. The number of aliphatic hydroxyl groups is 1. The van der Waals surface area contributed by atoms with Crippen molar-refractivity contribution in [3.05, 3.63) is 54.4 Å². The highest BCUT2D eigenvalue weighted by Gasteiger charge is 2.27. The second kappa shape index (κ2) is 6.00. The van der Waals surface area contributed by atoms with Crippen LogP contribution in [0.3, 0.4) is 0 Å². The first kappa shape index (κ1) is 15.3. The van der Waals surface area contributed by atoms with E-state index in [2.05, 4.69) is 50.1 Å². The average molecular weight is 322 g/mol. The smallest absolute Gasteiger partial charge is 0.159 e. The lowest BCUT2D eigenvalue weighted by Crippen LogP contribution is -2.41. The zero-order chi connectivity index (χ0) is 16.6. The van der Waals surface area contributed by atoms with Gasteiger partial charge in [-0.05, 0) is 49.6 Å². The molecule has 4 rings (SSSR count). The molecule has 0 saturated carbocycles. The third-order valence-corrected chi connectivity index (χ3v) is 4.96. The Kier molecular flexibility index (Phi) is 3.82. The summed E-state index contributed by atoms with van der Waals surface area (Å²) in [5, 5.41) is 19.5. The molecule has 0 bridgehead atoms. The van der Waals surface area contributed by atoms with Crippen LogP contribution in [0.5, 0.6) is 0 Å². The number of aromatic nitrogens is 3. The van der Waals surface area contributed by atoms with Crippen LogP contribution in [0.4, 0.5) is 0 Å². The van der Waals surface area contributed by atoms with Gasteiger partial charge in [0.1, 0.15) is 0 Å². The van der Waals surface area contributed by atoms with Gasteiger partial charge >= 0.3 is 0 Å². The third-order valence-electron chi connectivity index (χ3n) is 4.96. The Hall–Kier alpha value is -2.24. The zero-order valence-electron chi connectivity index (χ0n) is 13.9. The van der Waals surface area contributed by atoms with E-state index in [0.717, 1.165) is 43.8 Å². The number of piperidine rings is 1. The molecule has 3 aromatic rings. The molecule has 1 aromatic carbocycles. The van der Waals surface area contributed by atoms with Gasteiger partial charge in [0, 0.05) is 37.4 Å². The third kappa shape index (κ3) is 2.92. The molecular formula is C19H22N4O. The van der Waals surface area contributed by atoms with Crippen molar-refractivity contribution in [3.8, 4) is 5.82 Å². The Morgan fingerprint density at radius 1 is 1.12 bits per heavy atom. The van der Waals surface area contributed by atoms with E-state index < -0.39 is 5.60 Å². The molecule has 0 aliphatic carbocycles. The van der Waals surface area contributed by atoms with Crippen LogP contribution in [-0.2, 0) is 6.54 Å². The van der Waals surface area contributed by atoms with E-state index in [1.54, 1.807) is 6.20 Å². The number of hydrogen-bond acceptors (Lipinski definition) is 4. The first-order valence-corrected chi connectivity index (χ1v) is 8.44. The minimum absolute atomic E-state index is 0.502. The molecule has 1 N–H and O–H groups in total. The normalized spacial score (nSPS) is 18.1. The molecule has 0 radical (unpaired) electrons. The highest BCUT2D eigenvalue weighted by atomic mass is 16.3. The summed E-state index contributed by atoms with van der Waals surface area (Å²) in [6.45, 7) is 4.73. The van der Waals surface area contributed by atoms with Gasteiger partial charge < -0.3 is 5.11 Å². The van der Waals surface area contributed by atoms with Gasteiger partial charge in [-0.3, -0.25) is 9.47 Å². The molecule has 3 heterocycles. The molecule has 24 heavy (non-hydrogen) atoms. The van der Waals surface area contributed by atoms with Gasteiger partial charge in [0.25, 0.3) is 0 Å². The van der Waals surface area contributed by atoms with Crippen molar-refractivity contribution in [3.63, 3.8) is 0 Å². The number of likely N-dealkylation sites (tertiary alicyclic amines) is 1. The Morgan fingerprint density at radius 2 is 1.96 bits per heavy atom. The van der Waals surface area contributed by atoms with E-state index in [1.807, 2.05) is 19.1 Å². The Morgan fingerprint density at radius 3 is 2.71 bits per heavy atom. The van der Waals surface area contributed by atoms with Crippen molar-refractivity contribution in [2.75, 3.05) is 13.1 Å². The van der Waals surface area contributed by atoms with E-state index in [4.69, 9.17) is 0 Å². The predicted octanol–water partition coefficient (Wildman–Crippen LogP) is 2.77. The molecule has 0 unspecified atom stereocenters. The summed E-state index contributed by atoms with van der Waals surface area (Å²) in [5.74, 6) is 0.832. The molecule has 1 aliphatic rings. The Bertz CT molecular complexity index is 831. The molecule has 1 fully saturated rings. The van der Waals surface area contributed by atoms with E-state index in [1.165, 1.54) is 10.9 Å². The fraction of sp³-hybridized carbons (Fsp3) is 0.368. The first-order valence-electron chi connectivity index (χ1n) is 8.44. The maximum Gasteiger partial charge on any atom is 0.159 e. The Balaban J connectivity index is 1.62. The molecule has 1 aliphatic heterocycles. The summed E-state index contributed by atoms with van der Waals surface area (Å²) in [6, 6.07) is 12.4. The van der Waals surface area contributed by atoms with Crippen LogP contribution in [0.25, 0.3) is 16.7 Å². The van der Waals surface area contributed by atoms with Crippen molar-refractivity contribution in [2.24, 2.45) is 0 Å². The van der Waals surface area contributed by atoms with E-state index in [-0.39, 0.29) is 0 Å². The topological polar surface area (TPSA) is 54.2 Å². The molecule has 5 heteroatoms. The zero-order valence-corrected chi connectivity index (χ0v) is 13.9. The van der Waals surface area contributed by atoms with Crippen molar-refractivity contribution in [1.29, 1.82) is 0 Å². The number of hydrogen-bond donors (Lipinski definition) is 1. The molecule has 124 valence electrons. The summed E-state index contributed by atoms with van der Waals surface area (Å²) in [7, 11) is 0. The van der Waals surface area contributed by atoms with Crippen LogP contribution < -0.4 is 0 Å². The highest BCUT2D eigenvalue weighted by Crippen LogP contribution is 2.26. The minimum Gasteiger partial charge on any atom is -0.390 e. The summed E-state index contributed by atoms with van der Waals surface area (Å²) >= 11 is 0. The molecule has 0 spiro atoms. The first-order chi connectivity index (χ1) is 11.6. The lowest BCUT2D eigenvalue weighted by molar-refractivity contribution is -0.00720. The lowest BCUT2D eigenvalue weighted by atomic mass is 9.93. The van der Waals surface area contributed by atoms with Crippen molar-refractivity contribution in [1.82, 2.24) is 19.7 Å². The fourth-order valence-electron chi connectivity index (χ4n) is 3.42. The molecule has 5 nitrogen and oxygen atoms in total. The summed E-state index contributed by atoms with van der Waals surface area (Å²) in [4.78, 5) is 2.42. The van der Waals surface area contributed by atoms with Gasteiger partial charge in [0.05, 0.1) is 11.1 Å². The van der Waals surface area contributed by atoms with E-state index in [0.29, 0.717) is 0 Å². The van der Waals surface area contributed by atoms with Crippen molar-refractivity contribution < 1.29 is 5.11 Å². The van der Waals surface area contributed by atoms with Crippen LogP contribution in [0.1, 0.15) is 25.3 Å². The number of fused-ring (bicyclic) bond motifs is 1. The van der Waals surface area contributed by atoms with Gasteiger partial charge in [-0.15, -0.1) is 5.10 Å². The highest BCUT2D eigenvalue weighted by molar-refractivity contribution is 5.85. The molecule has 2 aromatic heterocycles. The monoisotopic (exact) mass is 322 g/mol. The lowest BCUT2D eigenvalue weighted by Gasteiger charge is -2.35. The Labute approximate surface area is 141 Å².